The fourth-order valence-corrected chi connectivity index (χ4v) is 3.81. The third-order valence-electron chi connectivity index (χ3n) is 4.77. The summed E-state index contributed by atoms with van der Waals surface area (Å²) < 4.78 is 73.6. The number of nitrogens with zero attached hydrogens (tertiary/aromatic N) is 5. The second kappa shape index (κ2) is 7.18. The van der Waals surface area contributed by atoms with Crippen molar-refractivity contribution in [3.05, 3.63) is 35.9 Å². The molecule has 0 bridgehead atoms. The Labute approximate surface area is 180 Å². The number of benzene rings is 1. The number of rotatable bonds is 8. The standard InChI is InChI=1S/C18H22F5N6O2S/c1-4-27(5-2)16-6-7-17-28(26-18(24)29(17)25-16)11-15(30)12-8-13(31-3)10-14(9-12)32(19,20,21,22)23/h6-10H,4-5,11H2,1-3H3,(H2,24,26)/q+1. The van der Waals surface area contributed by atoms with Gasteiger partial charge in [0, 0.05) is 30.8 Å². The summed E-state index contributed by atoms with van der Waals surface area (Å²) in [4.78, 5) is 12.4. The van der Waals surface area contributed by atoms with Crippen LogP contribution in [0.1, 0.15) is 24.2 Å². The number of fused-ring (bicyclic) bond motifs is 1. The lowest BCUT2D eigenvalue weighted by Gasteiger charge is -2.40. The highest BCUT2D eigenvalue weighted by atomic mass is 32.5. The molecule has 0 amide bonds. The van der Waals surface area contributed by atoms with Crippen molar-refractivity contribution in [2.24, 2.45) is 0 Å². The van der Waals surface area contributed by atoms with Crippen LogP contribution >= 0.6 is 10.2 Å². The summed E-state index contributed by atoms with van der Waals surface area (Å²) in [6.07, 6.45) is 0. The van der Waals surface area contributed by atoms with Gasteiger partial charge in [-0.25, -0.2) is 0 Å². The van der Waals surface area contributed by atoms with Crippen LogP contribution in [0.25, 0.3) is 5.65 Å². The third-order valence-corrected chi connectivity index (χ3v) is 5.90. The van der Waals surface area contributed by atoms with E-state index in [1.807, 2.05) is 18.7 Å². The summed E-state index contributed by atoms with van der Waals surface area (Å²) in [6, 6.07) is 4.51. The van der Waals surface area contributed by atoms with E-state index in [4.69, 9.17) is 5.73 Å². The number of nitrogens with two attached hydrogens (primary N) is 1. The molecule has 0 saturated heterocycles. The molecule has 0 unspecified atom stereocenters. The van der Waals surface area contributed by atoms with Crippen LogP contribution in [-0.2, 0) is 6.54 Å². The first-order valence-corrected chi connectivity index (χ1v) is 11.4. The van der Waals surface area contributed by atoms with Gasteiger partial charge in [0.15, 0.2) is 12.4 Å². The van der Waals surface area contributed by atoms with E-state index in [0.29, 0.717) is 24.6 Å². The zero-order valence-electron chi connectivity index (χ0n) is 17.4. The lowest BCUT2D eigenvalue weighted by molar-refractivity contribution is -0.714. The highest BCUT2D eigenvalue weighted by Crippen LogP contribution is 3.02. The number of carbonyl (C=O) groups is 1. The number of nitrogen functional groups attached to an aromatic ring is 1. The fraction of sp³-hybridized carbons (Fsp3) is 0.333. The van der Waals surface area contributed by atoms with E-state index in [-0.39, 0.29) is 18.1 Å². The topological polar surface area (TPSA) is 89.6 Å². The van der Waals surface area contributed by atoms with Gasteiger partial charge in [-0.2, -0.15) is 0 Å². The van der Waals surface area contributed by atoms with Crippen LogP contribution in [0.3, 0.4) is 0 Å². The number of anilines is 2. The first-order valence-electron chi connectivity index (χ1n) is 9.43. The van der Waals surface area contributed by atoms with Crippen molar-refractivity contribution < 1.29 is 33.6 Å². The minimum Gasteiger partial charge on any atom is -0.497 e. The summed E-state index contributed by atoms with van der Waals surface area (Å²) in [6.45, 7) is 4.71. The second-order valence-electron chi connectivity index (χ2n) is 6.94. The molecule has 14 heteroatoms. The maximum Gasteiger partial charge on any atom is 0.355 e. The Bertz CT molecular complexity index is 1200. The van der Waals surface area contributed by atoms with Crippen molar-refractivity contribution in [1.29, 1.82) is 0 Å². The maximum atomic E-state index is 13.3. The van der Waals surface area contributed by atoms with Crippen molar-refractivity contribution in [3.63, 3.8) is 0 Å². The minimum absolute atomic E-state index is 0.0554. The molecular formula is C18H22F5N6O2S+. The molecule has 0 aliphatic rings. The SMILES string of the molecule is CCN(CC)c1ccc2n(n1)c(N)n[n+]2CC(=O)c1cc(OC)cc(S(F)(F)(F)(F)F)c1. The van der Waals surface area contributed by atoms with E-state index in [0.717, 1.165) is 17.9 Å². The average molecular weight is 481 g/mol. The first kappa shape index (κ1) is 23.5. The number of aromatic nitrogens is 4. The number of ketones is 1. The minimum atomic E-state index is -10.0. The Morgan fingerprint density at radius 2 is 1.81 bits per heavy atom. The van der Waals surface area contributed by atoms with Crippen LogP contribution in [0.2, 0.25) is 0 Å². The second-order valence-corrected chi connectivity index (χ2v) is 9.35. The Morgan fingerprint density at radius 1 is 1.16 bits per heavy atom. The quantitative estimate of drug-likeness (QED) is 0.297. The van der Waals surface area contributed by atoms with Gasteiger partial charge in [-0.05, 0) is 37.1 Å². The largest absolute Gasteiger partial charge is 0.497 e. The molecule has 0 spiro atoms. The molecule has 1 aromatic carbocycles. The molecule has 2 N–H and O–H groups in total. The summed E-state index contributed by atoms with van der Waals surface area (Å²) in [5, 5.41) is 8.38. The summed E-state index contributed by atoms with van der Waals surface area (Å²) in [7, 11) is -9.02. The maximum absolute atomic E-state index is 13.3. The van der Waals surface area contributed by atoms with E-state index in [9.17, 15) is 24.2 Å². The number of halogens is 5. The van der Waals surface area contributed by atoms with Crippen LogP contribution in [0.4, 0.5) is 31.2 Å². The van der Waals surface area contributed by atoms with Gasteiger partial charge in [-0.15, -0.1) is 4.68 Å². The van der Waals surface area contributed by atoms with Gasteiger partial charge in [0.05, 0.1) is 7.11 Å². The van der Waals surface area contributed by atoms with Crippen molar-refractivity contribution in [2.75, 3.05) is 30.8 Å². The molecule has 0 saturated carbocycles. The number of hydrogen-bond donors (Lipinski definition) is 1. The summed E-state index contributed by atoms with van der Waals surface area (Å²) in [5.74, 6) is -0.868. The molecule has 8 nitrogen and oxygen atoms in total. The Kier molecular flexibility index (Phi) is 5.28. The van der Waals surface area contributed by atoms with E-state index in [2.05, 4.69) is 14.9 Å². The normalized spacial score (nSPS) is 14.1. The first-order chi connectivity index (χ1) is 14.7. The Balaban J connectivity index is 2.01. The van der Waals surface area contributed by atoms with Gasteiger partial charge < -0.3 is 15.4 Å². The number of Topliss-reactive ketones (excluding diaryl/α,β-unsaturated/α-hetero) is 1. The number of carbonyl (C=O) groups excluding carboxylic acids is 1. The van der Waals surface area contributed by atoms with E-state index >= 15 is 0 Å². The molecule has 0 fully saturated rings. The van der Waals surface area contributed by atoms with Crippen molar-refractivity contribution in [2.45, 2.75) is 25.3 Å². The molecule has 32 heavy (non-hydrogen) atoms. The molecule has 0 aliphatic carbocycles. The Hall–Kier alpha value is -3.16. The van der Waals surface area contributed by atoms with Crippen molar-refractivity contribution in [1.82, 2.24) is 14.7 Å². The molecule has 2 heterocycles. The van der Waals surface area contributed by atoms with Crippen LogP contribution in [0.15, 0.2) is 35.2 Å². The van der Waals surface area contributed by atoms with Crippen LogP contribution in [0, 0.1) is 0 Å². The highest BCUT2D eigenvalue weighted by molar-refractivity contribution is 8.45. The van der Waals surface area contributed by atoms with Gasteiger partial charge in [-0.1, -0.05) is 29.0 Å². The van der Waals surface area contributed by atoms with Crippen molar-refractivity contribution >= 4 is 33.4 Å². The summed E-state index contributed by atoms with van der Waals surface area (Å²) >= 11 is 0. The Morgan fingerprint density at radius 3 is 2.38 bits per heavy atom. The third kappa shape index (κ3) is 4.69. The van der Waals surface area contributed by atoms with E-state index in [1.165, 1.54) is 4.52 Å². The predicted molar refractivity (Wildman–Crippen MR) is 110 cm³/mol. The van der Waals surface area contributed by atoms with E-state index in [1.54, 1.807) is 12.1 Å². The summed E-state index contributed by atoms with van der Waals surface area (Å²) in [5.41, 5.74) is 5.57. The monoisotopic (exact) mass is 481 g/mol. The molecule has 2 aromatic heterocycles. The zero-order valence-corrected chi connectivity index (χ0v) is 18.3. The van der Waals surface area contributed by atoms with Gasteiger partial charge >= 0.3 is 21.8 Å². The molecule has 0 radical (unpaired) electrons. The lowest BCUT2D eigenvalue weighted by Crippen LogP contribution is -2.40. The number of methoxy groups -OCH3 is 1. The predicted octanol–water partition coefficient (Wildman–Crippen LogP) is 3.99. The van der Waals surface area contributed by atoms with Gasteiger partial charge in [0.2, 0.25) is 5.78 Å². The highest BCUT2D eigenvalue weighted by Gasteiger charge is 2.65. The number of hydrogen-bond acceptors (Lipinski definition) is 6. The molecule has 3 aromatic rings. The molecular weight excluding hydrogens is 459 g/mol. The molecule has 3 rings (SSSR count). The van der Waals surface area contributed by atoms with Gasteiger partial charge in [0.1, 0.15) is 10.6 Å². The molecule has 176 valence electrons. The zero-order chi connectivity index (χ0) is 24.0. The smallest absolute Gasteiger partial charge is 0.355 e. The van der Waals surface area contributed by atoms with Crippen LogP contribution < -0.4 is 20.1 Å². The average Bonchev–Trinajstić information content (AvgIpc) is 3.01. The van der Waals surface area contributed by atoms with Crippen LogP contribution in [0.5, 0.6) is 5.75 Å². The van der Waals surface area contributed by atoms with Gasteiger partial charge in [-0.3, -0.25) is 4.79 Å². The van der Waals surface area contributed by atoms with Crippen LogP contribution in [-0.4, -0.2) is 40.7 Å². The number of ether oxygens (including phenoxy) is 1. The lowest BCUT2D eigenvalue weighted by atomic mass is 10.1. The fourth-order valence-electron chi connectivity index (χ4n) is 3.12. The van der Waals surface area contributed by atoms with Crippen molar-refractivity contribution in [3.8, 4) is 5.75 Å². The molecule has 0 aliphatic heterocycles. The molecule has 0 atom stereocenters. The van der Waals surface area contributed by atoms with E-state index < -0.39 is 38.8 Å². The van der Waals surface area contributed by atoms with Gasteiger partial charge in [0.25, 0.3) is 0 Å².